The first-order valence-electron chi connectivity index (χ1n) is 6.89. The van der Waals surface area contributed by atoms with E-state index < -0.39 is 0 Å². The highest BCUT2D eigenvalue weighted by Crippen LogP contribution is 2.44. The lowest BCUT2D eigenvalue weighted by Gasteiger charge is -2.26. The van der Waals surface area contributed by atoms with Crippen molar-refractivity contribution in [2.24, 2.45) is 17.8 Å². The summed E-state index contributed by atoms with van der Waals surface area (Å²) >= 11 is 0. The molecule has 2 aliphatic carbocycles. The van der Waals surface area contributed by atoms with E-state index in [0.717, 1.165) is 30.7 Å². The molecule has 3 heteroatoms. The molecule has 0 radical (unpaired) electrons. The van der Waals surface area contributed by atoms with Crippen LogP contribution in [0.2, 0.25) is 0 Å². The molecule has 2 N–H and O–H groups in total. The summed E-state index contributed by atoms with van der Waals surface area (Å²) in [5.41, 5.74) is 0. The maximum absolute atomic E-state index is 11.5. The van der Waals surface area contributed by atoms with Gasteiger partial charge in [0.1, 0.15) is 0 Å². The molecule has 2 aliphatic rings. The molecule has 0 aromatic rings. The fraction of sp³-hybridized carbons (Fsp3) is 0.786. The summed E-state index contributed by atoms with van der Waals surface area (Å²) in [5, 5.41) is 6.27. The van der Waals surface area contributed by atoms with E-state index in [1.807, 2.05) is 0 Å². The minimum atomic E-state index is 0.123. The summed E-state index contributed by atoms with van der Waals surface area (Å²) in [6.07, 6.45) is 8.36. The Morgan fingerprint density at radius 2 is 2.24 bits per heavy atom. The molecule has 1 amide bonds. The highest BCUT2D eigenvalue weighted by atomic mass is 16.1. The van der Waals surface area contributed by atoms with Crippen molar-refractivity contribution in [1.29, 1.82) is 0 Å². The molecule has 2 bridgehead atoms. The number of rotatable bonds is 6. The van der Waals surface area contributed by atoms with Crippen LogP contribution in [0.15, 0.2) is 12.2 Å². The van der Waals surface area contributed by atoms with E-state index in [2.05, 4.69) is 36.6 Å². The Morgan fingerprint density at radius 1 is 1.41 bits per heavy atom. The lowest BCUT2D eigenvalue weighted by atomic mass is 9.87. The molecule has 1 saturated carbocycles. The third-order valence-electron chi connectivity index (χ3n) is 4.13. The van der Waals surface area contributed by atoms with Gasteiger partial charge in [0.15, 0.2) is 0 Å². The first-order chi connectivity index (χ1) is 8.20. The second-order valence-corrected chi connectivity index (χ2v) is 5.46. The predicted molar refractivity (Wildman–Crippen MR) is 69.6 cm³/mol. The number of amides is 1. The van der Waals surface area contributed by atoms with Crippen molar-refractivity contribution in [1.82, 2.24) is 10.6 Å². The number of hydrogen-bond donors (Lipinski definition) is 2. The summed E-state index contributed by atoms with van der Waals surface area (Å²) < 4.78 is 0. The average molecular weight is 236 g/mol. The molecule has 3 nitrogen and oxygen atoms in total. The van der Waals surface area contributed by atoms with Crippen LogP contribution in [0.25, 0.3) is 0 Å². The molecule has 4 atom stereocenters. The number of carbonyl (C=O) groups is 1. The van der Waals surface area contributed by atoms with Crippen molar-refractivity contribution in [3.8, 4) is 0 Å². The number of hydrogen-bond acceptors (Lipinski definition) is 2. The normalized spacial score (nSPS) is 31.8. The van der Waals surface area contributed by atoms with Gasteiger partial charge in [-0.05, 0) is 43.9 Å². The van der Waals surface area contributed by atoms with Crippen LogP contribution in [0.3, 0.4) is 0 Å². The van der Waals surface area contributed by atoms with E-state index in [1.54, 1.807) is 0 Å². The van der Waals surface area contributed by atoms with Gasteiger partial charge in [-0.25, -0.2) is 0 Å². The Hall–Kier alpha value is -0.830. The number of nitrogens with one attached hydrogen (secondary N) is 2. The van der Waals surface area contributed by atoms with E-state index in [9.17, 15) is 4.79 Å². The monoisotopic (exact) mass is 236 g/mol. The van der Waals surface area contributed by atoms with Crippen molar-refractivity contribution in [2.45, 2.75) is 39.2 Å². The maximum atomic E-state index is 11.5. The fourth-order valence-corrected chi connectivity index (χ4v) is 3.13. The quantitative estimate of drug-likeness (QED) is 0.689. The zero-order chi connectivity index (χ0) is 12.3. The van der Waals surface area contributed by atoms with Gasteiger partial charge in [0.25, 0.3) is 0 Å². The molecular weight excluding hydrogens is 212 g/mol. The second-order valence-electron chi connectivity index (χ2n) is 5.46. The lowest BCUT2D eigenvalue weighted by molar-refractivity contribution is -0.120. The standard InChI is InChI=1S/C14H24N2O/c1-3-6-15-14(17)9-16-10(2)13-8-11-4-5-12(13)7-11/h4-5,10-13,16H,3,6-9H2,1-2H3,(H,15,17). The summed E-state index contributed by atoms with van der Waals surface area (Å²) in [4.78, 5) is 11.5. The van der Waals surface area contributed by atoms with E-state index in [-0.39, 0.29) is 5.91 Å². The Kier molecular flexibility index (Phi) is 4.21. The van der Waals surface area contributed by atoms with Crippen LogP contribution < -0.4 is 10.6 Å². The molecule has 2 rings (SSSR count). The van der Waals surface area contributed by atoms with Gasteiger partial charge in [-0.15, -0.1) is 0 Å². The molecule has 0 aromatic carbocycles. The third-order valence-corrected chi connectivity index (χ3v) is 4.13. The van der Waals surface area contributed by atoms with Crippen LogP contribution in [0.4, 0.5) is 0 Å². The van der Waals surface area contributed by atoms with Crippen molar-refractivity contribution in [3.63, 3.8) is 0 Å². The van der Waals surface area contributed by atoms with Crippen molar-refractivity contribution < 1.29 is 4.79 Å². The number of allylic oxidation sites excluding steroid dienone is 2. The zero-order valence-corrected chi connectivity index (χ0v) is 10.9. The summed E-state index contributed by atoms with van der Waals surface area (Å²) in [6.45, 7) is 5.52. The summed E-state index contributed by atoms with van der Waals surface area (Å²) in [5.74, 6) is 2.41. The SMILES string of the molecule is CCCNC(=O)CNC(C)C1CC2C=CC1C2. The van der Waals surface area contributed by atoms with Crippen LogP contribution in [-0.4, -0.2) is 25.0 Å². The molecule has 0 aromatic heterocycles. The van der Waals surface area contributed by atoms with Crippen LogP contribution >= 0.6 is 0 Å². The molecule has 4 unspecified atom stereocenters. The van der Waals surface area contributed by atoms with Gasteiger partial charge in [-0.2, -0.15) is 0 Å². The Balaban J connectivity index is 1.69. The molecule has 0 saturated heterocycles. The molecule has 0 spiro atoms. The predicted octanol–water partition coefficient (Wildman–Crippen LogP) is 1.70. The molecule has 1 fully saturated rings. The van der Waals surface area contributed by atoms with Gasteiger partial charge in [-0.3, -0.25) is 4.79 Å². The first kappa shape index (κ1) is 12.6. The summed E-state index contributed by atoms with van der Waals surface area (Å²) in [6, 6.07) is 0.447. The molecule has 17 heavy (non-hydrogen) atoms. The smallest absolute Gasteiger partial charge is 0.233 e. The van der Waals surface area contributed by atoms with Gasteiger partial charge in [-0.1, -0.05) is 19.1 Å². The second kappa shape index (κ2) is 5.67. The number of fused-ring (bicyclic) bond motifs is 2. The van der Waals surface area contributed by atoms with E-state index in [0.29, 0.717) is 12.6 Å². The average Bonchev–Trinajstić information content (AvgIpc) is 2.95. The van der Waals surface area contributed by atoms with Gasteiger partial charge >= 0.3 is 0 Å². The summed E-state index contributed by atoms with van der Waals surface area (Å²) in [7, 11) is 0. The van der Waals surface area contributed by atoms with E-state index in [1.165, 1.54) is 12.8 Å². The fourth-order valence-electron chi connectivity index (χ4n) is 3.13. The molecular formula is C14H24N2O. The minimum absolute atomic E-state index is 0.123. The largest absolute Gasteiger partial charge is 0.355 e. The molecule has 0 aliphatic heterocycles. The maximum Gasteiger partial charge on any atom is 0.233 e. The van der Waals surface area contributed by atoms with Crippen molar-refractivity contribution in [3.05, 3.63) is 12.2 Å². The van der Waals surface area contributed by atoms with Crippen LogP contribution in [-0.2, 0) is 4.79 Å². The third kappa shape index (κ3) is 3.09. The van der Waals surface area contributed by atoms with E-state index in [4.69, 9.17) is 0 Å². The van der Waals surface area contributed by atoms with Gasteiger partial charge < -0.3 is 10.6 Å². The number of carbonyl (C=O) groups excluding carboxylic acids is 1. The Morgan fingerprint density at radius 3 is 2.82 bits per heavy atom. The molecule has 0 heterocycles. The topological polar surface area (TPSA) is 41.1 Å². The van der Waals surface area contributed by atoms with Crippen molar-refractivity contribution >= 4 is 5.91 Å². The van der Waals surface area contributed by atoms with Crippen molar-refractivity contribution in [2.75, 3.05) is 13.1 Å². The highest BCUT2D eigenvalue weighted by Gasteiger charge is 2.38. The Bertz CT molecular complexity index is 301. The molecule has 96 valence electrons. The highest BCUT2D eigenvalue weighted by molar-refractivity contribution is 5.77. The van der Waals surface area contributed by atoms with Crippen LogP contribution in [0, 0.1) is 17.8 Å². The van der Waals surface area contributed by atoms with Gasteiger partial charge in [0.2, 0.25) is 5.91 Å². The Labute approximate surface area is 104 Å². The van der Waals surface area contributed by atoms with Crippen LogP contribution in [0.5, 0.6) is 0 Å². The zero-order valence-electron chi connectivity index (χ0n) is 10.9. The van der Waals surface area contributed by atoms with Gasteiger partial charge in [0, 0.05) is 12.6 Å². The van der Waals surface area contributed by atoms with Gasteiger partial charge in [0.05, 0.1) is 6.54 Å². The van der Waals surface area contributed by atoms with E-state index >= 15 is 0 Å². The minimum Gasteiger partial charge on any atom is -0.355 e. The van der Waals surface area contributed by atoms with Crippen LogP contribution in [0.1, 0.15) is 33.1 Å². The first-order valence-corrected chi connectivity index (χ1v) is 6.89. The lowest BCUT2D eigenvalue weighted by Crippen LogP contribution is -2.42.